The number of para-hydroxylation sites is 1. The number of benzene rings is 2. The summed E-state index contributed by atoms with van der Waals surface area (Å²) in [6, 6.07) is 14.4. The number of ether oxygens (including phenoxy) is 2. The van der Waals surface area contributed by atoms with Crippen LogP contribution in [0, 0.1) is 0 Å². The van der Waals surface area contributed by atoms with Crippen LogP contribution in [0.3, 0.4) is 0 Å². The van der Waals surface area contributed by atoms with Gasteiger partial charge >= 0.3 is 12.1 Å². The van der Waals surface area contributed by atoms with Gasteiger partial charge in [0.25, 0.3) is 0 Å². The fourth-order valence-electron chi connectivity index (χ4n) is 4.59. The summed E-state index contributed by atoms with van der Waals surface area (Å²) in [4.78, 5) is 26.2. The van der Waals surface area contributed by atoms with Crippen LogP contribution in [0.15, 0.2) is 42.5 Å². The Bertz CT molecular complexity index is 1060. The molecule has 0 saturated carbocycles. The standard InChI is InChI=1S/C21H22N2O3.C2HF3O2/c1-22-17-5-3-2-4-16(17)21(20(22)24)8-10-23(11-9-21)13-15-6-7-18-19(12-15)26-14-25-18;3-2(4,5)1(6)7/h2-7,12H,8-11,13-14H2,1H3;(H,6,7). The molecule has 2 aromatic rings. The first-order chi connectivity index (χ1) is 15.6. The third-order valence-electron chi connectivity index (χ3n) is 6.29. The highest BCUT2D eigenvalue weighted by Gasteiger charge is 2.50. The number of alkyl halides is 3. The number of aliphatic carboxylic acids is 1. The van der Waals surface area contributed by atoms with E-state index in [9.17, 15) is 18.0 Å². The lowest BCUT2D eigenvalue weighted by Crippen LogP contribution is -2.47. The number of anilines is 1. The second kappa shape index (κ2) is 8.58. The maximum Gasteiger partial charge on any atom is 0.490 e. The third-order valence-corrected chi connectivity index (χ3v) is 6.29. The molecule has 0 bridgehead atoms. The van der Waals surface area contributed by atoms with Crippen LogP contribution in [-0.2, 0) is 21.5 Å². The highest BCUT2D eigenvalue weighted by molar-refractivity contribution is 6.07. The minimum atomic E-state index is -5.08. The van der Waals surface area contributed by atoms with Gasteiger partial charge in [-0.15, -0.1) is 0 Å². The molecular formula is C23H23F3N2O5. The van der Waals surface area contributed by atoms with Crippen LogP contribution < -0.4 is 14.4 Å². The van der Waals surface area contributed by atoms with Crippen LogP contribution in [0.2, 0.25) is 0 Å². The predicted octanol–water partition coefficient (Wildman–Crippen LogP) is 3.56. The summed E-state index contributed by atoms with van der Waals surface area (Å²) in [5, 5.41) is 7.12. The molecule has 176 valence electrons. The van der Waals surface area contributed by atoms with Crippen molar-refractivity contribution in [1.82, 2.24) is 4.90 Å². The van der Waals surface area contributed by atoms with Crippen LogP contribution in [0.4, 0.5) is 18.9 Å². The highest BCUT2D eigenvalue weighted by atomic mass is 19.4. The number of carbonyl (C=O) groups excluding carboxylic acids is 1. The molecule has 33 heavy (non-hydrogen) atoms. The number of likely N-dealkylation sites (tertiary alicyclic amines) is 1. The van der Waals surface area contributed by atoms with Gasteiger partial charge in [-0.3, -0.25) is 9.69 Å². The largest absolute Gasteiger partial charge is 0.490 e. The molecule has 2 aromatic carbocycles. The lowest BCUT2D eigenvalue weighted by atomic mass is 9.73. The van der Waals surface area contributed by atoms with Gasteiger partial charge < -0.3 is 19.5 Å². The van der Waals surface area contributed by atoms with E-state index >= 15 is 0 Å². The number of carboxylic acid groups (broad SMARTS) is 1. The Labute approximate surface area is 188 Å². The van der Waals surface area contributed by atoms with Crippen molar-refractivity contribution >= 4 is 17.6 Å². The number of carbonyl (C=O) groups is 2. The summed E-state index contributed by atoms with van der Waals surface area (Å²) in [7, 11) is 1.90. The van der Waals surface area contributed by atoms with Crippen molar-refractivity contribution in [2.45, 2.75) is 31.0 Å². The number of halogens is 3. The van der Waals surface area contributed by atoms with Crippen LogP contribution in [-0.4, -0.2) is 55.0 Å². The molecule has 0 radical (unpaired) electrons. The molecule has 0 aromatic heterocycles. The molecule has 1 spiro atoms. The third kappa shape index (κ3) is 4.35. The van der Waals surface area contributed by atoms with E-state index in [2.05, 4.69) is 29.2 Å². The molecule has 1 saturated heterocycles. The first-order valence-electron chi connectivity index (χ1n) is 10.4. The van der Waals surface area contributed by atoms with Crippen LogP contribution in [0.1, 0.15) is 24.0 Å². The first kappa shape index (κ1) is 22.9. The predicted molar refractivity (Wildman–Crippen MR) is 112 cm³/mol. The molecule has 1 fully saturated rings. The molecule has 0 aliphatic carbocycles. The van der Waals surface area contributed by atoms with Crippen LogP contribution in [0.5, 0.6) is 11.5 Å². The zero-order valence-corrected chi connectivity index (χ0v) is 17.9. The minimum absolute atomic E-state index is 0.251. The second-order valence-corrected chi connectivity index (χ2v) is 8.23. The zero-order chi connectivity index (χ0) is 23.8. The summed E-state index contributed by atoms with van der Waals surface area (Å²) >= 11 is 0. The smallest absolute Gasteiger partial charge is 0.475 e. The molecule has 3 heterocycles. The summed E-state index contributed by atoms with van der Waals surface area (Å²) < 4.78 is 42.6. The number of nitrogens with zero attached hydrogens (tertiary/aromatic N) is 2. The monoisotopic (exact) mass is 464 g/mol. The van der Waals surface area contributed by atoms with E-state index in [4.69, 9.17) is 19.4 Å². The van der Waals surface area contributed by atoms with Gasteiger partial charge in [-0.1, -0.05) is 24.3 Å². The van der Waals surface area contributed by atoms with Crippen molar-refractivity contribution in [2.75, 3.05) is 31.8 Å². The number of hydrogen-bond acceptors (Lipinski definition) is 5. The van der Waals surface area contributed by atoms with Gasteiger partial charge in [-0.05, 0) is 55.3 Å². The Morgan fingerprint density at radius 3 is 2.39 bits per heavy atom. The number of carboxylic acids is 1. The van der Waals surface area contributed by atoms with Crippen molar-refractivity contribution in [3.8, 4) is 11.5 Å². The molecule has 0 unspecified atom stereocenters. The Hall–Kier alpha value is -3.27. The molecule has 0 atom stereocenters. The van der Waals surface area contributed by atoms with Crippen molar-refractivity contribution in [1.29, 1.82) is 0 Å². The Balaban J connectivity index is 0.000000325. The van der Waals surface area contributed by atoms with E-state index in [0.29, 0.717) is 6.79 Å². The maximum atomic E-state index is 13.0. The number of piperidine rings is 1. The number of likely N-dealkylation sites (N-methyl/N-ethyl adjacent to an activating group) is 1. The van der Waals surface area contributed by atoms with Crippen LogP contribution >= 0.6 is 0 Å². The number of hydrogen-bond donors (Lipinski definition) is 1. The molecule has 1 N–H and O–H groups in total. The number of rotatable bonds is 2. The summed E-state index contributed by atoms with van der Waals surface area (Å²) in [5.74, 6) is -0.853. The van der Waals surface area contributed by atoms with Gasteiger partial charge in [0.15, 0.2) is 11.5 Å². The van der Waals surface area contributed by atoms with E-state index < -0.39 is 12.1 Å². The van der Waals surface area contributed by atoms with Crippen molar-refractivity contribution in [2.24, 2.45) is 0 Å². The van der Waals surface area contributed by atoms with Gasteiger partial charge in [-0.25, -0.2) is 4.79 Å². The molecule has 10 heteroatoms. The average molecular weight is 464 g/mol. The van der Waals surface area contributed by atoms with E-state index in [1.165, 1.54) is 11.1 Å². The van der Waals surface area contributed by atoms with Gasteiger partial charge in [0.05, 0.1) is 5.41 Å². The minimum Gasteiger partial charge on any atom is -0.475 e. The zero-order valence-electron chi connectivity index (χ0n) is 17.9. The maximum absolute atomic E-state index is 13.0. The first-order valence-corrected chi connectivity index (χ1v) is 10.4. The molecule has 1 amide bonds. The Morgan fingerprint density at radius 1 is 1.09 bits per heavy atom. The fraction of sp³-hybridized carbons (Fsp3) is 0.391. The molecule has 7 nitrogen and oxygen atoms in total. The van der Waals surface area contributed by atoms with E-state index in [1.807, 2.05) is 30.1 Å². The Kier molecular flexibility index (Phi) is 5.96. The number of amides is 1. The molecule has 3 aliphatic rings. The quantitative estimate of drug-likeness (QED) is 0.732. The van der Waals surface area contributed by atoms with Crippen molar-refractivity contribution in [3.63, 3.8) is 0 Å². The van der Waals surface area contributed by atoms with E-state index in [1.54, 1.807) is 0 Å². The summed E-state index contributed by atoms with van der Waals surface area (Å²) in [6.45, 7) is 3.02. The van der Waals surface area contributed by atoms with Crippen molar-refractivity contribution < 1.29 is 37.3 Å². The fourth-order valence-corrected chi connectivity index (χ4v) is 4.59. The topological polar surface area (TPSA) is 79.3 Å². The number of fused-ring (bicyclic) bond motifs is 3. The van der Waals surface area contributed by atoms with Crippen LogP contribution in [0.25, 0.3) is 0 Å². The molecular weight excluding hydrogens is 441 g/mol. The van der Waals surface area contributed by atoms with Crippen molar-refractivity contribution in [3.05, 3.63) is 53.6 Å². The van der Waals surface area contributed by atoms with Gasteiger partial charge in [0.1, 0.15) is 0 Å². The summed E-state index contributed by atoms with van der Waals surface area (Å²) in [6.07, 6.45) is -3.34. The van der Waals surface area contributed by atoms with E-state index in [0.717, 1.165) is 49.7 Å². The highest BCUT2D eigenvalue weighted by Crippen LogP contribution is 2.47. The van der Waals surface area contributed by atoms with Gasteiger partial charge in [-0.2, -0.15) is 13.2 Å². The SMILES string of the molecule is CN1C(=O)C2(CCN(Cc3ccc4c(c3)OCO4)CC2)c2ccccc21.O=C(O)C(F)(F)F. The second-order valence-electron chi connectivity index (χ2n) is 8.23. The summed E-state index contributed by atoms with van der Waals surface area (Å²) in [5.41, 5.74) is 3.16. The normalized spacial score (nSPS) is 18.7. The van der Waals surface area contributed by atoms with Gasteiger partial charge in [0.2, 0.25) is 12.7 Å². The van der Waals surface area contributed by atoms with E-state index in [-0.39, 0.29) is 11.3 Å². The lowest BCUT2D eigenvalue weighted by Gasteiger charge is -2.38. The molecule has 3 aliphatic heterocycles. The molecule has 5 rings (SSSR count). The average Bonchev–Trinajstić information content (AvgIpc) is 3.33. The van der Waals surface area contributed by atoms with Gasteiger partial charge in [0, 0.05) is 19.3 Å². The Morgan fingerprint density at radius 2 is 1.73 bits per heavy atom. The lowest BCUT2D eigenvalue weighted by molar-refractivity contribution is -0.192.